The van der Waals surface area contributed by atoms with Crippen LogP contribution in [0, 0.1) is 0 Å². The summed E-state index contributed by atoms with van der Waals surface area (Å²) in [5, 5.41) is 11.6. The SMILES string of the molecule is CCCNC(C)c1nnc(-c2ccc(C(C)(C)C)cc2)o1. The standard InChI is InChI=1S/C17H25N3O/c1-6-11-18-12(2)15-19-20-16(21-15)13-7-9-14(10-8-13)17(3,4)5/h7-10,12,18H,6,11H2,1-5H3. The van der Waals surface area contributed by atoms with E-state index in [1.54, 1.807) is 0 Å². The van der Waals surface area contributed by atoms with Gasteiger partial charge < -0.3 is 9.73 Å². The van der Waals surface area contributed by atoms with Crippen molar-refractivity contribution in [3.8, 4) is 11.5 Å². The Balaban J connectivity index is 2.14. The lowest BCUT2D eigenvalue weighted by molar-refractivity contribution is 0.423. The molecule has 0 saturated carbocycles. The Kier molecular flexibility index (Phi) is 4.78. The number of nitrogens with zero attached hydrogens (tertiary/aromatic N) is 2. The number of benzene rings is 1. The summed E-state index contributed by atoms with van der Waals surface area (Å²) in [6, 6.07) is 8.42. The molecule has 2 aromatic rings. The van der Waals surface area contributed by atoms with Crippen LogP contribution in [-0.4, -0.2) is 16.7 Å². The van der Waals surface area contributed by atoms with E-state index in [2.05, 4.69) is 55.3 Å². The van der Waals surface area contributed by atoms with E-state index in [0.29, 0.717) is 11.8 Å². The third kappa shape index (κ3) is 3.91. The van der Waals surface area contributed by atoms with Crippen molar-refractivity contribution in [2.75, 3.05) is 6.54 Å². The Bertz CT molecular complexity index is 566. The molecule has 1 atom stereocenters. The second-order valence-electron chi connectivity index (χ2n) is 6.45. The van der Waals surface area contributed by atoms with Gasteiger partial charge in [-0.1, -0.05) is 39.8 Å². The first-order valence-electron chi connectivity index (χ1n) is 7.59. The average molecular weight is 287 g/mol. The van der Waals surface area contributed by atoms with E-state index >= 15 is 0 Å². The van der Waals surface area contributed by atoms with Crippen molar-refractivity contribution in [1.82, 2.24) is 15.5 Å². The summed E-state index contributed by atoms with van der Waals surface area (Å²) in [7, 11) is 0. The number of hydrogen-bond acceptors (Lipinski definition) is 4. The molecule has 0 spiro atoms. The minimum absolute atomic E-state index is 0.0834. The van der Waals surface area contributed by atoms with Gasteiger partial charge >= 0.3 is 0 Å². The van der Waals surface area contributed by atoms with Crippen molar-refractivity contribution in [2.24, 2.45) is 0 Å². The molecule has 0 radical (unpaired) electrons. The van der Waals surface area contributed by atoms with Crippen LogP contribution in [-0.2, 0) is 5.41 Å². The fraction of sp³-hybridized carbons (Fsp3) is 0.529. The van der Waals surface area contributed by atoms with Gasteiger partial charge in [0, 0.05) is 5.56 Å². The van der Waals surface area contributed by atoms with Gasteiger partial charge in [-0.15, -0.1) is 10.2 Å². The zero-order valence-electron chi connectivity index (χ0n) is 13.6. The molecule has 0 bridgehead atoms. The first kappa shape index (κ1) is 15.7. The highest BCUT2D eigenvalue weighted by molar-refractivity contribution is 5.53. The van der Waals surface area contributed by atoms with Crippen LogP contribution in [0.4, 0.5) is 0 Å². The van der Waals surface area contributed by atoms with Crippen LogP contribution in [0.1, 0.15) is 58.5 Å². The van der Waals surface area contributed by atoms with Crippen molar-refractivity contribution in [3.63, 3.8) is 0 Å². The maximum absolute atomic E-state index is 5.77. The van der Waals surface area contributed by atoms with E-state index in [0.717, 1.165) is 18.5 Å². The second-order valence-corrected chi connectivity index (χ2v) is 6.45. The van der Waals surface area contributed by atoms with Crippen LogP contribution in [0.25, 0.3) is 11.5 Å². The van der Waals surface area contributed by atoms with Crippen LogP contribution in [0.15, 0.2) is 28.7 Å². The van der Waals surface area contributed by atoms with Crippen LogP contribution < -0.4 is 5.32 Å². The summed E-state index contributed by atoms with van der Waals surface area (Å²) in [6.07, 6.45) is 1.08. The summed E-state index contributed by atoms with van der Waals surface area (Å²) < 4.78 is 5.77. The summed E-state index contributed by atoms with van der Waals surface area (Å²) >= 11 is 0. The normalized spacial score (nSPS) is 13.4. The fourth-order valence-electron chi connectivity index (χ4n) is 2.09. The van der Waals surface area contributed by atoms with E-state index in [-0.39, 0.29) is 11.5 Å². The number of nitrogens with one attached hydrogen (secondary N) is 1. The fourth-order valence-corrected chi connectivity index (χ4v) is 2.09. The molecule has 0 fully saturated rings. The van der Waals surface area contributed by atoms with Gasteiger partial charge in [0.15, 0.2) is 0 Å². The smallest absolute Gasteiger partial charge is 0.247 e. The molecule has 0 aliphatic rings. The summed E-state index contributed by atoms with van der Waals surface area (Å²) in [5.74, 6) is 1.22. The highest BCUT2D eigenvalue weighted by Gasteiger charge is 2.16. The summed E-state index contributed by atoms with van der Waals surface area (Å²) in [5.41, 5.74) is 2.41. The highest BCUT2D eigenvalue weighted by atomic mass is 16.4. The third-order valence-corrected chi connectivity index (χ3v) is 3.51. The quantitative estimate of drug-likeness (QED) is 0.899. The lowest BCUT2D eigenvalue weighted by Gasteiger charge is -2.18. The van der Waals surface area contributed by atoms with Crippen LogP contribution in [0.2, 0.25) is 0 Å². The van der Waals surface area contributed by atoms with Gasteiger partial charge in [-0.2, -0.15) is 0 Å². The van der Waals surface area contributed by atoms with Crippen molar-refractivity contribution < 1.29 is 4.42 Å². The predicted molar refractivity (Wildman–Crippen MR) is 85.1 cm³/mol. The molecule has 1 aromatic carbocycles. The minimum Gasteiger partial charge on any atom is -0.419 e. The minimum atomic E-state index is 0.0834. The van der Waals surface area contributed by atoms with E-state index < -0.39 is 0 Å². The molecule has 0 saturated heterocycles. The third-order valence-electron chi connectivity index (χ3n) is 3.51. The summed E-state index contributed by atoms with van der Waals surface area (Å²) in [6.45, 7) is 11.7. The largest absolute Gasteiger partial charge is 0.419 e. The van der Waals surface area contributed by atoms with Crippen molar-refractivity contribution in [1.29, 1.82) is 0 Å². The van der Waals surface area contributed by atoms with Crippen LogP contribution >= 0.6 is 0 Å². The molecule has 0 aliphatic heterocycles. The molecule has 0 aliphatic carbocycles. The molecule has 1 unspecified atom stereocenters. The Morgan fingerprint density at radius 1 is 1.14 bits per heavy atom. The van der Waals surface area contributed by atoms with Gasteiger partial charge in [0.05, 0.1) is 6.04 Å². The average Bonchev–Trinajstić information content (AvgIpc) is 2.94. The highest BCUT2D eigenvalue weighted by Crippen LogP contribution is 2.26. The van der Waals surface area contributed by atoms with E-state index in [4.69, 9.17) is 4.42 Å². The Labute approximate surface area is 127 Å². The monoisotopic (exact) mass is 287 g/mol. The molecule has 1 N–H and O–H groups in total. The number of rotatable bonds is 5. The van der Waals surface area contributed by atoms with Gasteiger partial charge in [0.1, 0.15) is 0 Å². The lowest BCUT2D eigenvalue weighted by Crippen LogP contribution is -2.19. The second kappa shape index (κ2) is 6.39. The molecule has 1 heterocycles. The Morgan fingerprint density at radius 3 is 2.38 bits per heavy atom. The molecule has 21 heavy (non-hydrogen) atoms. The van der Waals surface area contributed by atoms with Crippen molar-refractivity contribution in [2.45, 2.75) is 52.5 Å². The molecule has 1 aromatic heterocycles. The number of aromatic nitrogens is 2. The molecule has 114 valence electrons. The Hall–Kier alpha value is -1.68. The molecule has 0 amide bonds. The first-order valence-corrected chi connectivity index (χ1v) is 7.59. The van der Waals surface area contributed by atoms with Crippen LogP contribution in [0.5, 0.6) is 0 Å². The lowest BCUT2D eigenvalue weighted by atomic mass is 9.87. The van der Waals surface area contributed by atoms with E-state index in [9.17, 15) is 0 Å². The number of hydrogen-bond donors (Lipinski definition) is 1. The topological polar surface area (TPSA) is 51.0 Å². The maximum atomic E-state index is 5.77. The van der Waals surface area contributed by atoms with Crippen molar-refractivity contribution in [3.05, 3.63) is 35.7 Å². The summed E-state index contributed by atoms with van der Waals surface area (Å²) in [4.78, 5) is 0. The molecular formula is C17H25N3O. The molecule has 2 rings (SSSR count). The molecular weight excluding hydrogens is 262 g/mol. The van der Waals surface area contributed by atoms with Gasteiger partial charge in [-0.05, 0) is 43.0 Å². The molecule has 4 heteroatoms. The Morgan fingerprint density at radius 2 is 1.81 bits per heavy atom. The molecule has 4 nitrogen and oxygen atoms in total. The van der Waals surface area contributed by atoms with Gasteiger partial charge in [0.25, 0.3) is 0 Å². The van der Waals surface area contributed by atoms with Gasteiger partial charge in [0.2, 0.25) is 11.8 Å². The predicted octanol–water partition coefficient (Wildman–Crippen LogP) is 4.09. The first-order chi connectivity index (χ1) is 9.91. The zero-order chi connectivity index (χ0) is 15.5. The van der Waals surface area contributed by atoms with Gasteiger partial charge in [-0.3, -0.25) is 0 Å². The van der Waals surface area contributed by atoms with E-state index in [1.165, 1.54) is 5.56 Å². The van der Waals surface area contributed by atoms with E-state index in [1.807, 2.05) is 19.1 Å². The maximum Gasteiger partial charge on any atom is 0.247 e. The van der Waals surface area contributed by atoms with Crippen molar-refractivity contribution >= 4 is 0 Å². The van der Waals surface area contributed by atoms with Gasteiger partial charge in [-0.25, -0.2) is 0 Å². The zero-order valence-corrected chi connectivity index (χ0v) is 13.6. The van der Waals surface area contributed by atoms with Crippen LogP contribution in [0.3, 0.4) is 0 Å².